The molecule has 0 fully saturated rings. The molecule has 0 aliphatic rings. The van der Waals surface area contributed by atoms with Crippen LogP contribution in [0.4, 0.5) is 8.78 Å². The molecule has 0 spiro atoms. The molecule has 0 radical (unpaired) electrons. The van der Waals surface area contributed by atoms with Gasteiger partial charge in [-0.25, -0.2) is 8.78 Å². The van der Waals surface area contributed by atoms with E-state index in [0.29, 0.717) is 24.9 Å². The maximum Gasteiger partial charge on any atom is 0.207 e. The molecule has 0 saturated heterocycles. The Hall–Kier alpha value is -1.65. The van der Waals surface area contributed by atoms with E-state index in [1.807, 2.05) is 13.8 Å². The van der Waals surface area contributed by atoms with Crippen LogP contribution in [0.25, 0.3) is 0 Å². The van der Waals surface area contributed by atoms with Crippen molar-refractivity contribution in [1.82, 2.24) is 5.32 Å². The molecule has 1 N–H and O–H groups in total. The van der Waals surface area contributed by atoms with Crippen LogP contribution in [-0.2, 0) is 4.79 Å². The largest absolute Gasteiger partial charge is 0.490 e. The highest BCUT2D eigenvalue weighted by Gasteiger charge is 2.17. The van der Waals surface area contributed by atoms with Crippen LogP contribution in [0, 0.1) is 11.6 Å². The van der Waals surface area contributed by atoms with Crippen molar-refractivity contribution in [2.24, 2.45) is 0 Å². The number of halogens is 2. The summed E-state index contributed by atoms with van der Waals surface area (Å²) >= 11 is 0. The standard InChI is InChI=1S/C14H19F2NO2/c1-9(2)14-12(16)6-11(15)7-13(14)19-10(3)4-5-17-8-18/h6-10H,4-5H2,1-3H3,(H,17,18). The summed E-state index contributed by atoms with van der Waals surface area (Å²) in [6.07, 6.45) is 0.925. The third-order valence-electron chi connectivity index (χ3n) is 2.74. The summed E-state index contributed by atoms with van der Waals surface area (Å²) in [7, 11) is 0. The lowest BCUT2D eigenvalue weighted by Crippen LogP contribution is -2.21. The van der Waals surface area contributed by atoms with E-state index in [2.05, 4.69) is 5.32 Å². The summed E-state index contributed by atoms with van der Waals surface area (Å²) in [4.78, 5) is 10.1. The van der Waals surface area contributed by atoms with Crippen LogP contribution in [0.5, 0.6) is 5.75 Å². The summed E-state index contributed by atoms with van der Waals surface area (Å²) < 4.78 is 32.6. The quantitative estimate of drug-likeness (QED) is 0.611. The fourth-order valence-corrected chi connectivity index (χ4v) is 1.84. The molecular weight excluding hydrogens is 252 g/mol. The van der Waals surface area contributed by atoms with Gasteiger partial charge >= 0.3 is 0 Å². The lowest BCUT2D eigenvalue weighted by atomic mass is 10.0. The van der Waals surface area contributed by atoms with Crippen molar-refractivity contribution in [3.63, 3.8) is 0 Å². The minimum absolute atomic E-state index is 0.101. The summed E-state index contributed by atoms with van der Waals surface area (Å²) in [6.45, 7) is 5.89. The molecule has 106 valence electrons. The van der Waals surface area contributed by atoms with Gasteiger partial charge in [-0.15, -0.1) is 0 Å². The van der Waals surface area contributed by atoms with E-state index in [1.165, 1.54) is 6.07 Å². The number of nitrogens with one attached hydrogen (secondary N) is 1. The molecule has 1 rings (SSSR count). The first-order chi connectivity index (χ1) is 8.95. The Morgan fingerprint density at radius 1 is 1.32 bits per heavy atom. The van der Waals surface area contributed by atoms with E-state index >= 15 is 0 Å². The van der Waals surface area contributed by atoms with Gasteiger partial charge in [0, 0.05) is 30.7 Å². The molecule has 0 heterocycles. The highest BCUT2D eigenvalue weighted by atomic mass is 19.1. The molecule has 1 unspecified atom stereocenters. The summed E-state index contributed by atoms with van der Waals surface area (Å²) in [5, 5.41) is 2.52. The number of carbonyl (C=O) groups is 1. The molecule has 0 saturated carbocycles. The van der Waals surface area contributed by atoms with E-state index < -0.39 is 11.6 Å². The number of carbonyl (C=O) groups excluding carboxylic acids is 1. The fraction of sp³-hybridized carbons (Fsp3) is 0.500. The maximum absolute atomic E-state index is 13.7. The monoisotopic (exact) mass is 271 g/mol. The first-order valence-corrected chi connectivity index (χ1v) is 6.28. The van der Waals surface area contributed by atoms with Crippen LogP contribution in [0.3, 0.4) is 0 Å². The van der Waals surface area contributed by atoms with Crippen molar-refractivity contribution in [3.8, 4) is 5.75 Å². The molecule has 0 bridgehead atoms. The number of hydrogen-bond donors (Lipinski definition) is 1. The Morgan fingerprint density at radius 2 is 2.00 bits per heavy atom. The molecule has 19 heavy (non-hydrogen) atoms. The van der Waals surface area contributed by atoms with Crippen LogP contribution in [0.1, 0.15) is 38.7 Å². The van der Waals surface area contributed by atoms with Crippen molar-refractivity contribution in [1.29, 1.82) is 0 Å². The third-order valence-corrected chi connectivity index (χ3v) is 2.74. The summed E-state index contributed by atoms with van der Waals surface area (Å²) in [5.74, 6) is -1.12. The van der Waals surface area contributed by atoms with Gasteiger partial charge < -0.3 is 10.1 Å². The Bertz CT molecular complexity index is 436. The lowest BCUT2D eigenvalue weighted by molar-refractivity contribution is -0.109. The molecule has 1 aromatic rings. The highest BCUT2D eigenvalue weighted by Crippen LogP contribution is 2.31. The number of benzene rings is 1. The zero-order valence-corrected chi connectivity index (χ0v) is 11.4. The Balaban J connectivity index is 2.84. The second-order valence-corrected chi connectivity index (χ2v) is 4.74. The van der Waals surface area contributed by atoms with E-state index in [1.54, 1.807) is 6.92 Å². The van der Waals surface area contributed by atoms with E-state index in [-0.39, 0.29) is 17.8 Å². The topological polar surface area (TPSA) is 38.3 Å². The van der Waals surface area contributed by atoms with Crippen LogP contribution >= 0.6 is 0 Å². The fourth-order valence-electron chi connectivity index (χ4n) is 1.84. The highest BCUT2D eigenvalue weighted by molar-refractivity contribution is 5.45. The van der Waals surface area contributed by atoms with Gasteiger partial charge in [-0.2, -0.15) is 0 Å². The maximum atomic E-state index is 13.7. The predicted molar refractivity (Wildman–Crippen MR) is 69.2 cm³/mol. The second kappa shape index (κ2) is 7.07. The average molecular weight is 271 g/mol. The zero-order valence-electron chi connectivity index (χ0n) is 11.4. The molecule has 1 atom stereocenters. The van der Waals surface area contributed by atoms with Gasteiger partial charge in [0.2, 0.25) is 6.41 Å². The van der Waals surface area contributed by atoms with Crippen molar-refractivity contribution in [3.05, 3.63) is 29.3 Å². The number of ether oxygens (including phenoxy) is 1. The minimum Gasteiger partial charge on any atom is -0.490 e. The molecule has 3 nitrogen and oxygen atoms in total. The van der Waals surface area contributed by atoms with Crippen molar-refractivity contribution in [2.45, 2.75) is 39.2 Å². The van der Waals surface area contributed by atoms with Crippen LogP contribution in [-0.4, -0.2) is 19.1 Å². The predicted octanol–water partition coefficient (Wildman–Crippen LogP) is 2.99. The molecule has 0 aliphatic heterocycles. The van der Waals surface area contributed by atoms with E-state index in [4.69, 9.17) is 4.74 Å². The Morgan fingerprint density at radius 3 is 2.58 bits per heavy atom. The van der Waals surface area contributed by atoms with Crippen LogP contribution < -0.4 is 10.1 Å². The summed E-state index contributed by atoms with van der Waals surface area (Å²) in [5.41, 5.74) is 0.372. The Kier molecular flexibility index (Phi) is 5.73. The second-order valence-electron chi connectivity index (χ2n) is 4.74. The van der Waals surface area contributed by atoms with Gasteiger partial charge in [-0.05, 0) is 12.8 Å². The van der Waals surface area contributed by atoms with E-state index in [0.717, 1.165) is 6.07 Å². The smallest absolute Gasteiger partial charge is 0.207 e. The van der Waals surface area contributed by atoms with Gasteiger partial charge in [-0.3, -0.25) is 4.79 Å². The van der Waals surface area contributed by atoms with E-state index in [9.17, 15) is 13.6 Å². The number of amides is 1. The molecule has 5 heteroatoms. The van der Waals surface area contributed by atoms with Gasteiger partial charge in [0.25, 0.3) is 0 Å². The first kappa shape index (κ1) is 15.4. The molecule has 0 aliphatic carbocycles. The van der Waals surface area contributed by atoms with Gasteiger partial charge in [0.15, 0.2) is 0 Å². The number of hydrogen-bond acceptors (Lipinski definition) is 2. The molecular formula is C14H19F2NO2. The number of rotatable bonds is 7. The van der Waals surface area contributed by atoms with Crippen molar-refractivity contribution < 1.29 is 18.3 Å². The SMILES string of the molecule is CC(CCNC=O)Oc1cc(F)cc(F)c1C(C)C. The normalized spacial score (nSPS) is 12.3. The lowest BCUT2D eigenvalue weighted by Gasteiger charge is -2.19. The van der Waals surface area contributed by atoms with Crippen LogP contribution in [0.15, 0.2) is 12.1 Å². The van der Waals surface area contributed by atoms with Gasteiger partial charge in [0.05, 0.1) is 6.10 Å². The van der Waals surface area contributed by atoms with Gasteiger partial charge in [-0.1, -0.05) is 13.8 Å². The van der Waals surface area contributed by atoms with Gasteiger partial charge in [0.1, 0.15) is 17.4 Å². The molecule has 0 aromatic heterocycles. The molecule has 1 aromatic carbocycles. The minimum atomic E-state index is -0.657. The molecule has 1 amide bonds. The Labute approximate surface area is 112 Å². The average Bonchev–Trinajstić information content (AvgIpc) is 2.27. The van der Waals surface area contributed by atoms with Crippen molar-refractivity contribution in [2.75, 3.05) is 6.54 Å². The van der Waals surface area contributed by atoms with Crippen molar-refractivity contribution >= 4 is 6.41 Å². The third kappa shape index (κ3) is 4.50. The summed E-state index contributed by atoms with van der Waals surface area (Å²) in [6, 6.07) is 2.06. The van der Waals surface area contributed by atoms with Crippen LogP contribution in [0.2, 0.25) is 0 Å². The first-order valence-electron chi connectivity index (χ1n) is 6.28. The zero-order chi connectivity index (χ0) is 14.4.